The third-order valence-electron chi connectivity index (χ3n) is 4.73. The predicted molar refractivity (Wildman–Crippen MR) is 82.5 cm³/mol. The number of benzene rings is 1. The number of aliphatic carboxylic acids is 1. The Morgan fingerprint density at radius 1 is 1.50 bits per heavy atom. The van der Waals surface area contributed by atoms with E-state index in [1.807, 2.05) is 0 Å². The molecular weight excluding hydrogens is 341 g/mol. The maximum atomic E-state index is 13.0. The third-order valence-corrected chi connectivity index (χ3v) is 5.03. The molecule has 1 aromatic rings. The summed E-state index contributed by atoms with van der Waals surface area (Å²) in [6.45, 7) is 0.906. The van der Waals surface area contributed by atoms with Gasteiger partial charge in [0.2, 0.25) is 0 Å². The molecule has 2 heterocycles. The van der Waals surface area contributed by atoms with Crippen LogP contribution in [0.1, 0.15) is 6.42 Å². The van der Waals surface area contributed by atoms with Gasteiger partial charge in [0, 0.05) is 25.6 Å². The summed E-state index contributed by atoms with van der Waals surface area (Å²) in [5.74, 6) is -1.73. The van der Waals surface area contributed by atoms with Crippen LogP contribution < -0.4 is 4.74 Å². The minimum atomic E-state index is -0.943. The second-order valence-electron chi connectivity index (χ2n) is 6.12. The Bertz CT molecular complexity index is 670. The Morgan fingerprint density at radius 3 is 2.96 bits per heavy atom. The molecule has 2 fully saturated rings. The molecule has 3 rings (SSSR count). The van der Waals surface area contributed by atoms with Crippen LogP contribution >= 0.6 is 11.6 Å². The van der Waals surface area contributed by atoms with Gasteiger partial charge in [0.25, 0.3) is 5.91 Å². The summed E-state index contributed by atoms with van der Waals surface area (Å²) < 4.78 is 23.7. The number of halogens is 2. The molecule has 2 atom stereocenters. The van der Waals surface area contributed by atoms with Gasteiger partial charge in [-0.25, -0.2) is 4.39 Å². The first-order valence-electron chi connectivity index (χ1n) is 7.59. The number of carbonyl (C=O) groups is 2. The van der Waals surface area contributed by atoms with Gasteiger partial charge in [-0.1, -0.05) is 11.6 Å². The van der Waals surface area contributed by atoms with E-state index in [4.69, 9.17) is 21.1 Å². The molecule has 2 aliphatic heterocycles. The van der Waals surface area contributed by atoms with Crippen molar-refractivity contribution >= 4 is 23.5 Å². The van der Waals surface area contributed by atoms with Gasteiger partial charge < -0.3 is 19.5 Å². The van der Waals surface area contributed by atoms with Crippen LogP contribution in [0.2, 0.25) is 5.02 Å². The first-order valence-corrected chi connectivity index (χ1v) is 7.97. The summed E-state index contributed by atoms with van der Waals surface area (Å²) >= 11 is 5.85. The number of hydrogen-bond donors (Lipinski definition) is 1. The van der Waals surface area contributed by atoms with E-state index in [1.165, 1.54) is 17.0 Å². The van der Waals surface area contributed by atoms with Crippen LogP contribution in [0.5, 0.6) is 5.75 Å². The van der Waals surface area contributed by atoms with Gasteiger partial charge in [-0.2, -0.15) is 0 Å². The highest BCUT2D eigenvalue weighted by Gasteiger charge is 2.54. The van der Waals surface area contributed by atoms with Gasteiger partial charge in [-0.05, 0) is 24.6 Å². The maximum absolute atomic E-state index is 13.0. The standard InChI is InChI=1S/C16H17ClFNO5/c17-12-5-11(18)1-2-13(12)24-8-14(20)19-6-10-7-23-4-3-16(10,9-19)15(21)22/h1-2,5,10H,3-4,6-9H2,(H,21,22)/t10-,16+/m0/s1. The van der Waals surface area contributed by atoms with Crippen LogP contribution in [0.25, 0.3) is 0 Å². The maximum Gasteiger partial charge on any atom is 0.311 e. The molecule has 6 nitrogen and oxygen atoms in total. The van der Waals surface area contributed by atoms with Crippen molar-refractivity contribution in [1.29, 1.82) is 0 Å². The van der Waals surface area contributed by atoms with E-state index in [9.17, 15) is 19.1 Å². The number of carboxylic acids is 1. The number of carbonyl (C=O) groups excluding carboxylic acids is 1. The number of ether oxygens (including phenoxy) is 2. The lowest BCUT2D eigenvalue weighted by Gasteiger charge is -2.33. The van der Waals surface area contributed by atoms with E-state index in [0.717, 1.165) is 6.07 Å². The summed E-state index contributed by atoms with van der Waals surface area (Å²) in [5, 5.41) is 9.67. The largest absolute Gasteiger partial charge is 0.482 e. The molecule has 1 amide bonds. The van der Waals surface area contributed by atoms with Gasteiger partial charge in [0.05, 0.1) is 17.0 Å². The third kappa shape index (κ3) is 3.06. The number of nitrogens with zero attached hydrogens (tertiary/aromatic N) is 1. The fourth-order valence-electron chi connectivity index (χ4n) is 3.31. The quantitative estimate of drug-likeness (QED) is 0.889. The lowest BCUT2D eigenvalue weighted by atomic mass is 9.74. The van der Waals surface area contributed by atoms with Gasteiger partial charge >= 0.3 is 5.97 Å². The van der Waals surface area contributed by atoms with Crippen molar-refractivity contribution in [2.75, 3.05) is 32.9 Å². The van der Waals surface area contributed by atoms with E-state index >= 15 is 0 Å². The van der Waals surface area contributed by atoms with Crippen LogP contribution in [0.15, 0.2) is 18.2 Å². The van der Waals surface area contributed by atoms with Crippen molar-refractivity contribution in [2.24, 2.45) is 11.3 Å². The Balaban J connectivity index is 1.65. The molecule has 0 aromatic heterocycles. The highest BCUT2D eigenvalue weighted by atomic mass is 35.5. The average molecular weight is 358 g/mol. The van der Waals surface area contributed by atoms with E-state index in [2.05, 4.69) is 0 Å². The number of likely N-dealkylation sites (tertiary alicyclic amines) is 1. The molecular formula is C16H17ClFNO5. The number of amides is 1. The first-order chi connectivity index (χ1) is 11.4. The van der Waals surface area contributed by atoms with Gasteiger partial charge in [0.15, 0.2) is 6.61 Å². The van der Waals surface area contributed by atoms with Gasteiger partial charge in [0.1, 0.15) is 11.6 Å². The second kappa shape index (κ2) is 6.57. The molecule has 8 heteroatoms. The highest BCUT2D eigenvalue weighted by Crippen LogP contribution is 2.42. The van der Waals surface area contributed by atoms with Crippen LogP contribution in [0.3, 0.4) is 0 Å². The minimum absolute atomic E-state index is 0.0771. The first kappa shape index (κ1) is 17.0. The Kier molecular flexibility index (Phi) is 4.64. The topological polar surface area (TPSA) is 76.1 Å². The van der Waals surface area contributed by atoms with Gasteiger partial charge in [-0.15, -0.1) is 0 Å². The van der Waals surface area contributed by atoms with Crippen molar-refractivity contribution in [3.8, 4) is 5.75 Å². The van der Waals surface area contributed by atoms with Gasteiger partial charge in [-0.3, -0.25) is 9.59 Å². The van der Waals surface area contributed by atoms with Crippen molar-refractivity contribution < 1.29 is 28.6 Å². The summed E-state index contributed by atoms with van der Waals surface area (Å²) in [6, 6.07) is 3.64. The zero-order valence-electron chi connectivity index (χ0n) is 12.8. The summed E-state index contributed by atoms with van der Waals surface area (Å²) in [6.07, 6.45) is 0.390. The normalized spacial score (nSPS) is 26.1. The van der Waals surface area contributed by atoms with E-state index in [0.29, 0.717) is 26.2 Å². The van der Waals surface area contributed by atoms with E-state index in [1.54, 1.807) is 0 Å². The van der Waals surface area contributed by atoms with Crippen LogP contribution in [0.4, 0.5) is 4.39 Å². The second-order valence-corrected chi connectivity index (χ2v) is 6.53. The Labute approximate surface area is 143 Å². The highest BCUT2D eigenvalue weighted by molar-refractivity contribution is 6.32. The predicted octanol–water partition coefficient (Wildman–Crippen LogP) is 1.81. The molecule has 24 heavy (non-hydrogen) atoms. The van der Waals surface area contributed by atoms with Crippen LogP contribution in [0, 0.1) is 17.2 Å². The molecule has 0 spiro atoms. The molecule has 2 saturated heterocycles. The SMILES string of the molecule is O=C(COc1ccc(F)cc1Cl)N1C[C@H]2COCC[C@@]2(C(=O)O)C1. The van der Waals surface area contributed by atoms with E-state index in [-0.39, 0.29) is 35.7 Å². The molecule has 0 saturated carbocycles. The summed E-state index contributed by atoms with van der Waals surface area (Å²) in [7, 11) is 0. The fourth-order valence-corrected chi connectivity index (χ4v) is 3.53. The molecule has 2 aliphatic rings. The monoisotopic (exact) mass is 357 g/mol. The molecule has 1 N–H and O–H groups in total. The molecule has 130 valence electrons. The van der Waals surface area contributed by atoms with Crippen molar-refractivity contribution in [1.82, 2.24) is 4.90 Å². The Morgan fingerprint density at radius 2 is 2.29 bits per heavy atom. The molecule has 0 radical (unpaired) electrons. The molecule has 0 unspecified atom stereocenters. The number of carboxylic acid groups (broad SMARTS) is 1. The number of hydrogen-bond acceptors (Lipinski definition) is 4. The molecule has 0 aliphatic carbocycles. The van der Waals surface area contributed by atoms with Crippen molar-refractivity contribution in [3.05, 3.63) is 29.0 Å². The zero-order valence-corrected chi connectivity index (χ0v) is 13.6. The summed E-state index contributed by atoms with van der Waals surface area (Å²) in [4.78, 5) is 25.6. The van der Waals surface area contributed by atoms with Crippen LogP contribution in [-0.4, -0.2) is 54.8 Å². The average Bonchev–Trinajstić information content (AvgIpc) is 2.95. The fraction of sp³-hybridized carbons (Fsp3) is 0.500. The summed E-state index contributed by atoms with van der Waals surface area (Å²) in [5.41, 5.74) is -0.943. The Hall–Kier alpha value is -1.86. The number of fused-ring (bicyclic) bond motifs is 1. The zero-order chi connectivity index (χ0) is 17.3. The number of rotatable bonds is 4. The van der Waals surface area contributed by atoms with Crippen molar-refractivity contribution in [3.63, 3.8) is 0 Å². The minimum Gasteiger partial charge on any atom is -0.482 e. The molecule has 1 aromatic carbocycles. The van der Waals surface area contributed by atoms with Crippen LogP contribution in [-0.2, 0) is 14.3 Å². The lowest BCUT2D eigenvalue weighted by Crippen LogP contribution is -2.45. The van der Waals surface area contributed by atoms with Crippen molar-refractivity contribution in [2.45, 2.75) is 6.42 Å². The molecule has 0 bridgehead atoms. The lowest BCUT2D eigenvalue weighted by molar-refractivity contribution is -0.157. The smallest absolute Gasteiger partial charge is 0.311 e. The van der Waals surface area contributed by atoms with E-state index < -0.39 is 17.2 Å².